The molecule has 0 spiro atoms. The first-order valence-electron chi connectivity index (χ1n) is 6.54. The summed E-state index contributed by atoms with van der Waals surface area (Å²) >= 11 is 0. The van der Waals surface area contributed by atoms with E-state index in [9.17, 15) is 18.3 Å². The summed E-state index contributed by atoms with van der Waals surface area (Å²) in [5.74, 6) is 1.07. The molecule has 112 valence electrons. The van der Waals surface area contributed by atoms with Gasteiger partial charge in [-0.15, -0.1) is 0 Å². The molecule has 0 saturated heterocycles. The zero-order valence-electron chi connectivity index (χ0n) is 11.2. The Labute approximate surface area is 115 Å². The lowest BCUT2D eigenvalue weighted by atomic mass is 10.1. The van der Waals surface area contributed by atoms with Crippen LogP contribution < -0.4 is 10.1 Å². The van der Waals surface area contributed by atoms with Gasteiger partial charge in [0.05, 0.1) is 18.8 Å². The third kappa shape index (κ3) is 3.79. The zero-order valence-corrected chi connectivity index (χ0v) is 11.2. The van der Waals surface area contributed by atoms with E-state index in [4.69, 9.17) is 4.74 Å². The Kier molecular flexibility index (Phi) is 4.13. The fraction of sp³-hybridized carbons (Fsp3) is 0.571. The number of anilines is 1. The summed E-state index contributed by atoms with van der Waals surface area (Å²) in [6, 6.07) is 6.80. The number of alkyl halides is 3. The average molecular weight is 289 g/mol. The van der Waals surface area contributed by atoms with Gasteiger partial charge in [-0.2, -0.15) is 13.2 Å². The molecule has 3 nitrogen and oxygen atoms in total. The van der Waals surface area contributed by atoms with E-state index >= 15 is 0 Å². The van der Waals surface area contributed by atoms with E-state index in [1.165, 1.54) is 0 Å². The first-order chi connectivity index (χ1) is 9.29. The lowest BCUT2D eigenvalue weighted by molar-refractivity contribution is -0.246. The van der Waals surface area contributed by atoms with Gasteiger partial charge >= 0.3 is 6.18 Å². The van der Waals surface area contributed by atoms with Crippen LogP contribution in [-0.4, -0.2) is 30.0 Å². The van der Waals surface area contributed by atoms with Crippen molar-refractivity contribution in [1.29, 1.82) is 0 Å². The van der Waals surface area contributed by atoms with Gasteiger partial charge in [0.1, 0.15) is 5.75 Å². The topological polar surface area (TPSA) is 41.5 Å². The fourth-order valence-corrected chi connectivity index (χ4v) is 1.60. The van der Waals surface area contributed by atoms with Gasteiger partial charge in [0, 0.05) is 0 Å². The highest BCUT2D eigenvalue weighted by atomic mass is 19.4. The van der Waals surface area contributed by atoms with Crippen LogP contribution in [0.5, 0.6) is 5.75 Å². The van der Waals surface area contributed by atoms with Crippen LogP contribution in [0.25, 0.3) is 0 Å². The molecule has 1 atom stereocenters. The molecular formula is C14H18F3NO2. The van der Waals surface area contributed by atoms with Crippen LogP contribution in [0.3, 0.4) is 0 Å². The van der Waals surface area contributed by atoms with Crippen molar-refractivity contribution in [3.05, 3.63) is 24.3 Å². The number of aliphatic hydroxyl groups is 1. The summed E-state index contributed by atoms with van der Waals surface area (Å²) in [6.45, 7) is 0.697. The standard InChI is InChI=1S/C14H18F3NO2/c1-13(19,14(15,16)17)9-18-11-4-2-3-5-12(11)20-8-10-6-7-10/h2-5,10,18-19H,6-9H2,1H3. The van der Waals surface area contributed by atoms with Gasteiger partial charge in [-0.05, 0) is 37.8 Å². The Morgan fingerprint density at radius 1 is 1.30 bits per heavy atom. The lowest BCUT2D eigenvalue weighted by Gasteiger charge is -2.27. The number of hydrogen-bond acceptors (Lipinski definition) is 3. The van der Waals surface area contributed by atoms with Crippen molar-refractivity contribution in [2.24, 2.45) is 5.92 Å². The second kappa shape index (κ2) is 5.52. The van der Waals surface area contributed by atoms with Crippen LogP contribution >= 0.6 is 0 Å². The second-order valence-corrected chi connectivity index (χ2v) is 5.38. The number of benzene rings is 1. The second-order valence-electron chi connectivity index (χ2n) is 5.38. The third-order valence-electron chi connectivity index (χ3n) is 3.29. The van der Waals surface area contributed by atoms with Crippen molar-refractivity contribution in [2.75, 3.05) is 18.5 Å². The average Bonchev–Trinajstić information content (AvgIpc) is 3.17. The molecule has 0 bridgehead atoms. The minimum atomic E-state index is -4.68. The van der Waals surface area contributed by atoms with Crippen LogP contribution in [-0.2, 0) is 0 Å². The molecule has 0 radical (unpaired) electrons. The van der Waals surface area contributed by atoms with E-state index in [2.05, 4.69) is 5.32 Å². The zero-order chi connectivity index (χ0) is 14.8. The Bertz CT molecular complexity index is 456. The molecule has 20 heavy (non-hydrogen) atoms. The molecule has 6 heteroatoms. The smallest absolute Gasteiger partial charge is 0.418 e. The van der Waals surface area contributed by atoms with E-state index in [0.29, 0.717) is 24.0 Å². The van der Waals surface area contributed by atoms with E-state index in [1.807, 2.05) is 0 Å². The number of nitrogens with one attached hydrogen (secondary N) is 1. The molecule has 1 aliphatic carbocycles. The highest BCUT2D eigenvalue weighted by molar-refractivity contribution is 5.56. The summed E-state index contributed by atoms with van der Waals surface area (Å²) < 4.78 is 43.3. The first-order valence-corrected chi connectivity index (χ1v) is 6.54. The largest absolute Gasteiger partial charge is 0.491 e. The molecule has 1 saturated carbocycles. The number of hydrogen-bond donors (Lipinski definition) is 2. The van der Waals surface area contributed by atoms with Crippen LogP contribution in [0.15, 0.2) is 24.3 Å². The van der Waals surface area contributed by atoms with E-state index in [-0.39, 0.29) is 0 Å². The summed E-state index contributed by atoms with van der Waals surface area (Å²) in [6.07, 6.45) is -2.40. The third-order valence-corrected chi connectivity index (χ3v) is 3.29. The molecule has 1 aromatic carbocycles. The van der Waals surface area contributed by atoms with Gasteiger partial charge < -0.3 is 15.2 Å². The molecule has 1 aliphatic rings. The predicted molar refractivity (Wildman–Crippen MR) is 69.8 cm³/mol. The maximum Gasteiger partial charge on any atom is 0.418 e. The normalized spacial score (nSPS) is 18.4. The van der Waals surface area contributed by atoms with Crippen LogP contribution in [0, 0.1) is 5.92 Å². The Morgan fingerprint density at radius 3 is 2.55 bits per heavy atom. The van der Waals surface area contributed by atoms with Crippen LogP contribution in [0.4, 0.5) is 18.9 Å². The molecule has 1 fully saturated rings. The molecule has 1 unspecified atom stereocenters. The summed E-state index contributed by atoms with van der Waals surface area (Å²) in [4.78, 5) is 0. The van der Waals surface area contributed by atoms with Crippen LogP contribution in [0.1, 0.15) is 19.8 Å². The summed E-state index contributed by atoms with van der Waals surface area (Å²) in [7, 11) is 0. The number of para-hydroxylation sites is 2. The van der Waals surface area contributed by atoms with Crippen molar-refractivity contribution in [3.63, 3.8) is 0 Å². The number of ether oxygens (including phenoxy) is 1. The van der Waals surface area contributed by atoms with Gasteiger partial charge in [-0.25, -0.2) is 0 Å². The molecule has 0 heterocycles. The number of rotatable bonds is 6. The Hall–Kier alpha value is -1.43. The van der Waals surface area contributed by atoms with Crippen molar-refractivity contribution in [3.8, 4) is 5.75 Å². The molecular weight excluding hydrogens is 271 g/mol. The Morgan fingerprint density at radius 2 is 1.95 bits per heavy atom. The highest BCUT2D eigenvalue weighted by Gasteiger charge is 2.49. The maximum atomic E-state index is 12.6. The van der Waals surface area contributed by atoms with Gasteiger partial charge in [-0.1, -0.05) is 12.1 Å². The van der Waals surface area contributed by atoms with Crippen molar-refractivity contribution in [1.82, 2.24) is 0 Å². The highest BCUT2D eigenvalue weighted by Crippen LogP contribution is 2.33. The summed E-state index contributed by atoms with van der Waals surface area (Å²) in [5, 5.41) is 12.0. The first kappa shape index (κ1) is 15.0. The SMILES string of the molecule is CC(O)(CNc1ccccc1OCC1CC1)C(F)(F)F. The summed E-state index contributed by atoms with van der Waals surface area (Å²) in [5.41, 5.74) is -2.32. The maximum absolute atomic E-state index is 12.6. The molecule has 1 aromatic rings. The van der Waals surface area contributed by atoms with Crippen LogP contribution in [0.2, 0.25) is 0 Å². The molecule has 0 aromatic heterocycles. The quantitative estimate of drug-likeness (QED) is 0.845. The van der Waals surface area contributed by atoms with Gasteiger partial charge in [-0.3, -0.25) is 0 Å². The Balaban J connectivity index is 1.97. The fourth-order valence-electron chi connectivity index (χ4n) is 1.60. The minimum Gasteiger partial charge on any atom is -0.491 e. The van der Waals surface area contributed by atoms with Crippen molar-refractivity contribution < 1.29 is 23.0 Å². The van der Waals surface area contributed by atoms with Crippen molar-refractivity contribution in [2.45, 2.75) is 31.5 Å². The van der Waals surface area contributed by atoms with Gasteiger partial charge in [0.2, 0.25) is 0 Å². The van der Waals surface area contributed by atoms with Crippen molar-refractivity contribution >= 4 is 5.69 Å². The van der Waals surface area contributed by atoms with Gasteiger partial charge in [0.15, 0.2) is 5.60 Å². The lowest BCUT2D eigenvalue weighted by Crippen LogP contribution is -2.47. The molecule has 0 amide bonds. The molecule has 0 aliphatic heterocycles. The minimum absolute atomic E-state index is 0.456. The molecule has 2 rings (SSSR count). The van der Waals surface area contributed by atoms with E-state index in [1.54, 1.807) is 24.3 Å². The number of halogens is 3. The van der Waals surface area contributed by atoms with E-state index in [0.717, 1.165) is 19.8 Å². The molecule has 2 N–H and O–H groups in total. The predicted octanol–water partition coefficient (Wildman–Crippen LogP) is 3.20. The van der Waals surface area contributed by atoms with Gasteiger partial charge in [0.25, 0.3) is 0 Å². The monoisotopic (exact) mass is 289 g/mol. The van der Waals surface area contributed by atoms with E-state index < -0.39 is 18.3 Å².